The van der Waals surface area contributed by atoms with Crippen LogP contribution in [0.1, 0.15) is 89.1 Å². The summed E-state index contributed by atoms with van der Waals surface area (Å²) >= 11 is 0. The number of aromatic nitrogens is 1. The molecule has 312 valence electrons. The molecule has 1 unspecified atom stereocenters. The zero-order chi connectivity index (χ0) is 43.0. The first kappa shape index (κ1) is 47.2. The van der Waals surface area contributed by atoms with Crippen LogP contribution in [0.3, 0.4) is 0 Å². The molecule has 0 bridgehead atoms. The van der Waals surface area contributed by atoms with E-state index in [2.05, 4.69) is 120 Å². The molecule has 1 heterocycles. The Kier molecular flexibility index (Phi) is 18.0. The van der Waals surface area contributed by atoms with E-state index in [4.69, 9.17) is 0 Å². The average molecular weight is 804 g/mol. The van der Waals surface area contributed by atoms with E-state index < -0.39 is 18.9 Å². The van der Waals surface area contributed by atoms with Gasteiger partial charge in [0.15, 0.2) is 0 Å². The molecule has 5 aromatic carbocycles. The van der Waals surface area contributed by atoms with Gasteiger partial charge in [-0.2, -0.15) is 26.3 Å². The first-order valence-corrected chi connectivity index (χ1v) is 20.3. The minimum atomic E-state index is -4.29. The lowest BCUT2D eigenvalue weighted by Crippen LogP contribution is -2.34. The summed E-state index contributed by atoms with van der Waals surface area (Å²) in [5, 5.41) is 1.16. The van der Waals surface area contributed by atoms with Crippen molar-refractivity contribution in [3.63, 3.8) is 0 Å². The highest BCUT2D eigenvalue weighted by atomic mass is 19.4. The summed E-state index contributed by atoms with van der Waals surface area (Å²) in [6, 6.07) is 44.4. The van der Waals surface area contributed by atoms with Gasteiger partial charge >= 0.3 is 12.4 Å². The van der Waals surface area contributed by atoms with Crippen molar-refractivity contribution in [2.24, 2.45) is 0 Å². The maximum absolute atomic E-state index is 13.5. The van der Waals surface area contributed by atoms with Gasteiger partial charge in [-0.1, -0.05) is 125 Å². The molecule has 58 heavy (non-hydrogen) atoms. The Morgan fingerprint density at radius 1 is 0.603 bits per heavy atom. The third kappa shape index (κ3) is 12.7. The molecule has 3 nitrogen and oxygen atoms in total. The van der Waals surface area contributed by atoms with Gasteiger partial charge in [-0.15, -0.1) is 0 Å². The van der Waals surface area contributed by atoms with Crippen molar-refractivity contribution < 1.29 is 26.3 Å². The van der Waals surface area contributed by atoms with Crippen LogP contribution in [0.5, 0.6) is 0 Å². The van der Waals surface area contributed by atoms with Gasteiger partial charge in [0.05, 0.1) is 5.69 Å². The fourth-order valence-corrected chi connectivity index (χ4v) is 7.21. The van der Waals surface area contributed by atoms with Gasteiger partial charge in [0.2, 0.25) is 0 Å². The molecule has 6 aromatic rings. The van der Waals surface area contributed by atoms with Crippen LogP contribution >= 0.6 is 0 Å². The summed E-state index contributed by atoms with van der Waals surface area (Å²) < 4.78 is 74.1. The van der Waals surface area contributed by atoms with E-state index in [9.17, 15) is 26.3 Å². The highest BCUT2D eigenvalue weighted by molar-refractivity contribution is 5.94. The summed E-state index contributed by atoms with van der Waals surface area (Å²) in [7, 11) is 0. The van der Waals surface area contributed by atoms with Gasteiger partial charge in [-0.25, -0.2) is 0 Å². The van der Waals surface area contributed by atoms with Gasteiger partial charge in [-0.3, -0.25) is 0 Å². The third-order valence-electron chi connectivity index (χ3n) is 9.57. The van der Waals surface area contributed by atoms with Gasteiger partial charge in [0.1, 0.15) is 6.54 Å². The van der Waals surface area contributed by atoms with Crippen molar-refractivity contribution in [1.82, 2.24) is 4.57 Å². The zero-order valence-corrected chi connectivity index (χ0v) is 35.3. The smallest absolute Gasteiger partial charge is 0.372 e. The molecule has 0 radical (unpaired) electrons. The molecule has 0 saturated carbocycles. The van der Waals surface area contributed by atoms with Crippen molar-refractivity contribution in [3.05, 3.63) is 155 Å². The molecule has 0 fully saturated rings. The highest BCUT2D eigenvalue weighted by Crippen LogP contribution is 2.46. The van der Waals surface area contributed by atoms with Crippen LogP contribution in [0, 0.1) is 6.92 Å². The van der Waals surface area contributed by atoms with Crippen molar-refractivity contribution in [1.29, 1.82) is 0 Å². The Labute approximate surface area is 341 Å². The molecule has 0 aliphatic rings. The van der Waals surface area contributed by atoms with Gasteiger partial charge in [-0.05, 0) is 91.4 Å². The van der Waals surface area contributed by atoms with Gasteiger partial charge in [0.25, 0.3) is 0 Å². The quantitative estimate of drug-likeness (QED) is 0.114. The van der Waals surface area contributed by atoms with E-state index in [0.29, 0.717) is 12.2 Å². The second kappa shape index (κ2) is 22.1. The number of hydrogen-bond donors (Lipinski definition) is 0. The van der Waals surface area contributed by atoms with E-state index in [1.54, 1.807) is 6.92 Å². The number of hydrogen-bond acceptors (Lipinski definition) is 2. The number of halogens is 6. The van der Waals surface area contributed by atoms with E-state index in [0.717, 1.165) is 51.9 Å². The summed E-state index contributed by atoms with van der Waals surface area (Å²) in [6.45, 7) is 18.1. The number of alkyl halides is 6. The van der Waals surface area contributed by atoms with Crippen LogP contribution < -0.4 is 9.80 Å². The fraction of sp³-hybridized carbons (Fsp3) is 0.347. The molecular weight excluding hydrogens is 745 g/mol. The fourth-order valence-electron chi connectivity index (χ4n) is 7.21. The average Bonchev–Trinajstić information content (AvgIpc) is 3.53. The van der Waals surface area contributed by atoms with Crippen LogP contribution in [-0.2, 0) is 6.54 Å². The molecule has 6 rings (SSSR count). The van der Waals surface area contributed by atoms with Crippen molar-refractivity contribution >= 4 is 22.3 Å². The number of benzene rings is 5. The zero-order valence-electron chi connectivity index (χ0n) is 35.3. The van der Waals surface area contributed by atoms with Crippen molar-refractivity contribution in [2.45, 2.75) is 87.1 Å². The van der Waals surface area contributed by atoms with Crippen LogP contribution in [0.2, 0.25) is 0 Å². The molecule has 1 aromatic heterocycles. The van der Waals surface area contributed by atoms with Crippen LogP contribution in [0.25, 0.3) is 22.2 Å². The predicted molar refractivity (Wildman–Crippen MR) is 233 cm³/mol. The molecule has 1 atom stereocenters. The standard InChI is InChI=1S/C43H44F3N3.C2H3F3.2C2H6/c1-5-47(6-2)35-24-22-33(23-25-35)40(37-27-26-36(28-31(37)4)48(7-3)30-43(44,45)46)41-38-20-14-15-21-39(38)49(29-32-16-10-8-11-17-32)42(41)34-18-12-9-13-19-34;1-2(3,4)5;2*1-2/h8-28,40H,5-7,29-30H2,1-4H3;1H3;2*1-2H3. The normalized spacial score (nSPS) is 11.6. The van der Waals surface area contributed by atoms with Gasteiger partial charge in [0, 0.05) is 61.3 Å². The van der Waals surface area contributed by atoms with Crippen LogP contribution in [0.15, 0.2) is 127 Å². The Hall–Kier alpha value is -5.18. The van der Waals surface area contributed by atoms with Crippen LogP contribution in [-0.4, -0.2) is 43.1 Å². The summed E-state index contributed by atoms with van der Waals surface area (Å²) in [5.41, 5.74) is 10.7. The maximum atomic E-state index is 13.5. The van der Waals surface area contributed by atoms with Crippen LogP contribution in [0.4, 0.5) is 37.7 Å². The Morgan fingerprint density at radius 3 is 1.62 bits per heavy atom. The van der Waals surface area contributed by atoms with Gasteiger partial charge < -0.3 is 14.4 Å². The monoisotopic (exact) mass is 803 g/mol. The Morgan fingerprint density at radius 2 is 1.10 bits per heavy atom. The summed E-state index contributed by atoms with van der Waals surface area (Å²) in [4.78, 5) is 3.73. The molecule has 9 heteroatoms. The summed E-state index contributed by atoms with van der Waals surface area (Å²) in [5.74, 6) is -0.186. The van der Waals surface area contributed by atoms with Crippen molar-refractivity contribution in [2.75, 3.05) is 36.0 Å². The third-order valence-corrected chi connectivity index (χ3v) is 9.57. The number of aryl methyl sites for hydroxylation is 1. The van der Waals surface area contributed by atoms with E-state index in [-0.39, 0.29) is 19.4 Å². The topological polar surface area (TPSA) is 11.4 Å². The second-order valence-electron chi connectivity index (χ2n) is 13.4. The molecule has 0 amide bonds. The number of nitrogens with zero attached hydrogens (tertiary/aromatic N) is 3. The number of fused-ring (bicyclic) bond motifs is 1. The first-order valence-electron chi connectivity index (χ1n) is 20.3. The van der Waals surface area contributed by atoms with E-state index >= 15 is 0 Å². The molecule has 0 saturated heterocycles. The molecule has 0 aliphatic carbocycles. The molecule has 0 N–H and O–H groups in total. The lowest BCUT2D eigenvalue weighted by Gasteiger charge is -2.28. The molecule has 0 spiro atoms. The second-order valence-corrected chi connectivity index (χ2v) is 13.4. The minimum Gasteiger partial charge on any atom is -0.372 e. The van der Waals surface area contributed by atoms with Crippen molar-refractivity contribution in [3.8, 4) is 11.3 Å². The highest BCUT2D eigenvalue weighted by Gasteiger charge is 2.32. The van der Waals surface area contributed by atoms with E-state index in [1.807, 2.05) is 65.0 Å². The SMILES string of the molecule is CC.CC.CC(F)(F)F.CCN(CC)c1ccc(C(c2ccc(N(CC)CC(F)(F)F)cc2C)c2c(-c3ccccc3)n(Cc3ccccc3)c3ccccc23)cc1. The van der Waals surface area contributed by atoms with E-state index in [1.165, 1.54) is 21.7 Å². The number of rotatable bonds is 12. The minimum absolute atomic E-state index is 0.186. The lowest BCUT2D eigenvalue weighted by molar-refractivity contribution is -0.119. The number of anilines is 2. The number of para-hydroxylation sites is 1. The predicted octanol–water partition coefficient (Wildman–Crippen LogP) is 14.7. The molecular formula is C49H59F6N3. The molecule has 0 aliphatic heterocycles. The largest absolute Gasteiger partial charge is 0.405 e. The Balaban J connectivity index is 0.000000917. The maximum Gasteiger partial charge on any atom is 0.405 e. The lowest BCUT2D eigenvalue weighted by atomic mass is 9.80. The first-order chi connectivity index (χ1) is 27.7. The summed E-state index contributed by atoms with van der Waals surface area (Å²) in [6.07, 6.45) is -8.29. The Bertz CT molecular complexity index is 2080.